The van der Waals surface area contributed by atoms with Crippen molar-refractivity contribution >= 4 is 23.6 Å². The largest absolute Gasteiger partial charge is 0.508 e. The van der Waals surface area contributed by atoms with E-state index in [1.807, 2.05) is 0 Å². The molecular weight excluding hydrogens is 440 g/mol. The van der Waals surface area contributed by atoms with Gasteiger partial charge in [0.2, 0.25) is 23.6 Å². The molecule has 0 radical (unpaired) electrons. The molecule has 1 rings (SSSR count). The molecule has 0 saturated heterocycles. The van der Waals surface area contributed by atoms with E-state index in [0.717, 1.165) is 25.8 Å². The Morgan fingerprint density at radius 2 is 1.53 bits per heavy atom. The second-order valence-corrected chi connectivity index (χ2v) is 7.98. The molecule has 4 amide bonds. The number of amides is 4. The van der Waals surface area contributed by atoms with Crippen LogP contribution in [0.5, 0.6) is 5.75 Å². The van der Waals surface area contributed by atoms with Crippen molar-refractivity contribution in [1.29, 1.82) is 0 Å². The fraction of sp³-hybridized carbons (Fsp3) is 0.565. The summed E-state index contributed by atoms with van der Waals surface area (Å²) in [4.78, 5) is 47.7. The molecule has 0 aliphatic heterocycles. The zero-order valence-electron chi connectivity index (χ0n) is 19.6. The molecule has 34 heavy (non-hydrogen) atoms. The number of primary amides is 1. The van der Waals surface area contributed by atoms with Crippen LogP contribution in [0.15, 0.2) is 24.3 Å². The van der Waals surface area contributed by atoms with Crippen LogP contribution in [-0.4, -0.2) is 67.5 Å². The summed E-state index contributed by atoms with van der Waals surface area (Å²) in [6.45, 7) is 2.99. The van der Waals surface area contributed by atoms with Crippen LogP contribution in [0.25, 0.3) is 0 Å². The molecule has 9 N–H and O–H groups in total. The molecule has 0 aromatic heterocycles. The van der Waals surface area contributed by atoms with Crippen molar-refractivity contribution in [3.8, 4) is 5.75 Å². The summed E-state index contributed by atoms with van der Waals surface area (Å²) in [5.41, 5.74) is 11.3. The van der Waals surface area contributed by atoms with Crippen LogP contribution >= 0.6 is 0 Å². The maximum atomic E-state index is 12.4. The van der Waals surface area contributed by atoms with Crippen LogP contribution in [0.1, 0.15) is 44.1 Å². The Morgan fingerprint density at radius 3 is 2.18 bits per heavy atom. The van der Waals surface area contributed by atoms with Crippen LogP contribution < -0.4 is 32.7 Å². The number of aromatic hydroxyl groups is 1. The van der Waals surface area contributed by atoms with Gasteiger partial charge >= 0.3 is 0 Å². The molecule has 0 saturated carbocycles. The van der Waals surface area contributed by atoms with E-state index in [0.29, 0.717) is 44.6 Å². The van der Waals surface area contributed by atoms with Crippen molar-refractivity contribution in [2.24, 2.45) is 11.5 Å². The van der Waals surface area contributed by atoms with Gasteiger partial charge in [0.15, 0.2) is 0 Å². The zero-order chi connectivity index (χ0) is 25.2. The second kappa shape index (κ2) is 17.3. The van der Waals surface area contributed by atoms with Gasteiger partial charge in [0.25, 0.3) is 0 Å². The van der Waals surface area contributed by atoms with Crippen LogP contribution in [0, 0.1) is 0 Å². The predicted octanol–water partition coefficient (Wildman–Crippen LogP) is -0.974. The SMILES string of the molecule is NCCCNCCC(=O)NCCCCCNC(=O)[C@H](CC(N)=O)NC(=O)Cc1ccc(O)cc1. The third-order valence-corrected chi connectivity index (χ3v) is 4.92. The fourth-order valence-corrected chi connectivity index (χ4v) is 3.09. The van der Waals surface area contributed by atoms with Gasteiger partial charge in [-0.1, -0.05) is 12.1 Å². The van der Waals surface area contributed by atoms with E-state index in [9.17, 15) is 24.3 Å². The number of benzene rings is 1. The molecule has 0 aliphatic carbocycles. The maximum absolute atomic E-state index is 12.4. The Bertz CT molecular complexity index is 772. The number of phenols is 1. The summed E-state index contributed by atoms with van der Waals surface area (Å²) in [7, 11) is 0. The first-order chi connectivity index (χ1) is 16.3. The van der Waals surface area contributed by atoms with Gasteiger partial charge in [-0.05, 0) is 56.5 Å². The third kappa shape index (κ3) is 14.1. The highest BCUT2D eigenvalue weighted by atomic mass is 16.3. The van der Waals surface area contributed by atoms with Gasteiger partial charge in [0.05, 0.1) is 12.8 Å². The zero-order valence-corrected chi connectivity index (χ0v) is 19.6. The van der Waals surface area contributed by atoms with Crippen molar-refractivity contribution < 1.29 is 24.3 Å². The monoisotopic (exact) mass is 478 g/mol. The minimum absolute atomic E-state index is 0.00168. The van der Waals surface area contributed by atoms with Crippen molar-refractivity contribution in [2.45, 2.75) is 51.0 Å². The Hall–Kier alpha value is -3.18. The number of nitrogens with two attached hydrogens (primary N) is 2. The minimum Gasteiger partial charge on any atom is -0.508 e. The van der Waals surface area contributed by atoms with Crippen LogP contribution in [0.2, 0.25) is 0 Å². The number of carbonyl (C=O) groups is 4. The molecule has 11 nitrogen and oxygen atoms in total. The summed E-state index contributed by atoms with van der Waals surface area (Å²) in [5, 5.41) is 20.6. The molecule has 1 atom stereocenters. The number of hydrogen-bond acceptors (Lipinski definition) is 7. The molecule has 0 unspecified atom stereocenters. The molecule has 0 fully saturated rings. The molecule has 1 aromatic rings. The number of carbonyl (C=O) groups excluding carboxylic acids is 4. The number of hydrogen-bond donors (Lipinski definition) is 7. The van der Waals surface area contributed by atoms with Crippen molar-refractivity contribution in [3.63, 3.8) is 0 Å². The minimum atomic E-state index is -1.06. The van der Waals surface area contributed by atoms with Crippen LogP contribution in [0.3, 0.4) is 0 Å². The lowest BCUT2D eigenvalue weighted by Crippen LogP contribution is -2.49. The Balaban J connectivity index is 2.23. The summed E-state index contributed by atoms with van der Waals surface area (Å²) in [6, 6.07) is 5.06. The van der Waals surface area contributed by atoms with Gasteiger partial charge in [-0.15, -0.1) is 0 Å². The molecule has 1 aromatic carbocycles. The Morgan fingerprint density at radius 1 is 0.853 bits per heavy atom. The smallest absolute Gasteiger partial charge is 0.243 e. The van der Waals surface area contributed by atoms with E-state index in [1.165, 1.54) is 12.1 Å². The third-order valence-electron chi connectivity index (χ3n) is 4.92. The van der Waals surface area contributed by atoms with E-state index in [1.54, 1.807) is 12.1 Å². The average molecular weight is 479 g/mol. The molecule has 0 heterocycles. The summed E-state index contributed by atoms with van der Waals surface area (Å²) >= 11 is 0. The Kier molecular flexibility index (Phi) is 14.7. The van der Waals surface area contributed by atoms with Crippen molar-refractivity contribution in [3.05, 3.63) is 29.8 Å². The van der Waals surface area contributed by atoms with E-state index >= 15 is 0 Å². The lowest BCUT2D eigenvalue weighted by molar-refractivity contribution is -0.131. The van der Waals surface area contributed by atoms with Crippen LogP contribution in [0.4, 0.5) is 0 Å². The van der Waals surface area contributed by atoms with E-state index in [-0.39, 0.29) is 24.5 Å². The maximum Gasteiger partial charge on any atom is 0.243 e. The van der Waals surface area contributed by atoms with E-state index < -0.39 is 23.8 Å². The van der Waals surface area contributed by atoms with Gasteiger partial charge in [0.1, 0.15) is 11.8 Å². The highest BCUT2D eigenvalue weighted by Gasteiger charge is 2.22. The number of nitrogens with one attached hydrogen (secondary N) is 4. The first kappa shape index (κ1) is 28.9. The number of rotatable bonds is 18. The summed E-state index contributed by atoms with van der Waals surface area (Å²) in [6.07, 6.45) is 3.25. The lowest BCUT2D eigenvalue weighted by atomic mass is 10.1. The normalized spacial score (nSPS) is 11.4. The first-order valence-corrected chi connectivity index (χ1v) is 11.6. The fourth-order valence-electron chi connectivity index (χ4n) is 3.09. The predicted molar refractivity (Wildman–Crippen MR) is 129 cm³/mol. The van der Waals surface area contributed by atoms with E-state index in [2.05, 4.69) is 21.3 Å². The molecule has 11 heteroatoms. The van der Waals surface area contributed by atoms with Crippen molar-refractivity contribution in [2.75, 3.05) is 32.7 Å². The van der Waals surface area contributed by atoms with Gasteiger partial charge in [0, 0.05) is 26.1 Å². The summed E-state index contributed by atoms with van der Waals surface area (Å²) < 4.78 is 0. The lowest BCUT2D eigenvalue weighted by Gasteiger charge is -2.17. The first-order valence-electron chi connectivity index (χ1n) is 11.6. The molecule has 0 aliphatic rings. The molecule has 0 spiro atoms. The van der Waals surface area contributed by atoms with Gasteiger partial charge in [-0.3, -0.25) is 19.2 Å². The topological polar surface area (TPSA) is 189 Å². The Labute approximate surface area is 200 Å². The number of unbranched alkanes of at least 4 members (excludes halogenated alkanes) is 2. The molecular formula is C23H38N6O5. The highest BCUT2D eigenvalue weighted by molar-refractivity contribution is 5.92. The second-order valence-electron chi connectivity index (χ2n) is 7.98. The van der Waals surface area contributed by atoms with E-state index in [4.69, 9.17) is 11.5 Å². The summed E-state index contributed by atoms with van der Waals surface area (Å²) in [5.74, 6) is -1.53. The quantitative estimate of drug-likeness (QED) is 0.132. The van der Waals surface area contributed by atoms with Gasteiger partial charge < -0.3 is 37.8 Å². The highest BCUT2D eigenvalue weighted by Crippen LogP contribution is 2.10. The standard InChI is InChI=1S/C23H38N6O5/c24-10-4-11-26-14-9-21(32)27-12-2-1-3-13-28-23(34)19(16-20(25)31)29-22(33)15-17-5-7-18(30)8-6-17/h5-8,19,26,30H,1-4,9-16,24H2,(H2,25,31)(H,27,32)(H,28,34)(H,29,33)/t19-/m0/s1. The van der Waals surface area contributed by atoms with Gasteiger partial charge in [-0.2, -0.15) is 0 Å². The van der Waals surface area contributed by atoms with Gasteiger partial charge in [-0.25, -0.2) is 0 Å². The molecule has 190 valence electrons. The molecule has 0 bridgehead atoms. The number of phenolic OH excluding ortho intramolecular Hbond substituents is 1. The average Bonchev–Trinajstić information content (AvgIpc) is 2.79. The van der Waals surface area contributed by atoms with Crippen LogP contribution in [-0.2, 0) is 25.6 Å². The van der Waals surface area contributed by atoms with Crippen molar-refractivity contribution in [1.82, 2.24) is 21.3 Å².